The van der Waals surface area contributed by atoms with E-state index in [-0.39, 0.29) is 5.91 Å². The van der Waals surface area contributed by atoms with Crippen LogP contribution in [-0.2, 0) is 24.2 Å². The number of hydrogen-bond donors (Lipinski definition) is 2. The van der Waals surface area contributed by atoms with Crippen molar-refractivity contribution in [2.45, 2.75) is 39.7 Å². The summed E-state index contributed by atoms with van der Waals surface area (Å²) in [5, 5.41) is 9.91. The van der Waals surface area contributed by atoms with Crippen LogP contribution in [0.15, 0.2) is 40.7 Å². The van der Waals surface area contributed by atoms with Gasteiger partial charge in [-0.2, -0.15) is 0 Å². The zero-order valence-electron chi connectivity index (χ0n) is 17.4. The number of rotatable bonds is 9. The van der Waals surface area contributed by atoms with E-state index in [4.69, 9.17) is 0 Å². The third-order valence-electron chi connectivity index (χ3n) is 5.01. The molecule has 1 atom stereocenters. The van der Waals surface area contributed by atoms with Crippen LogP contribution in [0.2, 0.25) is 0 Å². The summed E-state index contributed by atoms with van der Waals surface area (Å²) >= 11 is 1.69. The predicted molar refractivity (Wildman–Crippen MR) is 119 cm³/mol. The number of aromatic nitrogens is 1. The monoisotopic (exact) mass is 413 g/mol. The smallest absolute Gasteiger partial charge is 0.223 e. The molecule has 1 amide bonds. The van der Waals surface area contributed by atoms with E-state index in [1.165, 1.54) is 5.56 Å². The molecule has 0 spiro atoms. The maximum absolute atomic E-state index is 12.4. The molecule has 2 heterocycles. The summed E-state index contributed by atoms with van der Waals surface area (Å²) < 4.78 is 0. The van der Waals surface area contributed by atoms with E-state index >= 15 is 0 Å². The van der Waals surface area contributed by atoms with Crippen molar-refractivity contribution < 1.29 is 4.79 Å². The van der Waals surface area contributed by atoms with Crippen LogP contribution in [0.5, 0.6) is 0 Å². The fourth-order valence-electron chi connectivity index (χ4n) is 3.44. The topological polar surface area (TPSA) is 69.6 Å². The number of amides is 1. The number of nitrogens with zero attached hydrogens (tertiary/aromatic N) is 3. The van der Waals surface area contributed by atoms with E-state index in [2.05, 4.69) is 52.0 Å². The van der Waals surface area contributed by atoms with E-state index < -0.39 is 0 Å². The van der Waals surface area contributed by atoms with Crippen molar-refractivity contribution in [1.29, 1.82) is 0 Å². The minimum atomic E-state index is 0.254. The van der Waals surface area contributed by atoms with Crippen LogP contribution in [0.25, 0.3) is 0 Å². The maximum Gasteiger partial charge on any atom is 0.223 e. The molecule has 0 radical (unpaired) electrons. The number of likely N-dealkylation sites (tertiary alicyclic amines) is 1. The van der Waals surface area contributed by atoms with Gasteiger partial charge in [0.1, 0.15) is 0 Å². The molecule has 0 aliphatic carbocycles. The van der Waals surface area contributed by atoms with Crippen LogP contribution in [0.4, 0.5) is 0 Å². The molecule has 1 aromatic carbocycles. The third kappa shape index (κ3) is 6.56. The Morgan fingerprint density at radius 3 is 2.83 bits per heavy atom. The third-order valence-corrected chi connectivity index (χ3v) is 6.05. The van der Waals surface area contributed by atoms with Gasteiger partial charge in [-0.3, -0.25) is 4.79 Å². The lowest BCUT2D eigenvalue weighted by Gasteiger charge is -2.18. The summed E-state index contributed by atoms with van der Waals surface area (Å²) in [6, 6.07) is 10.3. The number of benzene rings is 1. The molecule has 1 fully saturated rings. The van der Waals surface area contributed by atoms with Crippen molar-refractivity contribution >= 4 is 23.2 Å². The SMILES string of the molecule is CCNC(=NCc1csc(CC)n1)NCC1CC(=O)N(CCc2ccccc2)C1. The van der Waals surface area contributed by atoms with Crippen LogP contribution < -0.4 is 10.6 Å². The number of carbonyl (C=O) groups is 1. The first kappa shape index (κ1) is 21.3. The second-order valence-electron chi connectivity index (χ2n) is 7.31. The summed E-state index contributed by atoms with van der Waals surface area (Å²) in [5.41, 5.74) is 2.28. The predicted octanol–water partition coefficient (Wildman–Crippen LogP) is 2.85. The largest absolute Gasteiger partial charge is 0.357 e. The number of guanidine groups is 1. The number of nitrogens with one attached hydrogen (secondary N) is 2. The highest BCUT2D eigenvalue weighted by Crippen LogP contribution is 2.17. The molecular formula is C22H31N5OS. The molecular weight excluding hydrogens is 382 g/mol. The van der Waals surface area contributed by atoms with Crippen LogP contribution in [0.1, 0.15) is 36.5 Å². The minimum Gasteiger partial charge on any atom is -0.357 e. The fraction of sp³-hybridized carbons (Fsp3) is 0.500. The number of carbonyl (C=O) groups excluding carboxylic acids is 1. The highest BCUT2D eigenvalue weighted by atomic mass is 32.1. The lowest BCUT2D eigenvalue weighted by atomic mass is 10.1. The molecule has 7 heteroatoms. The molecule has 3 rings (SSSR count). The normalized spacial score (nSPS) is 17.0. The molecule has 2 N–H and O–H groups in total. The molecule has 6 nitrogen and oxygen atoms in total. The van der Waals surface area contributed by atoms with Crippen molar-refractivity contribution in [2.24, 2.45) is 10.9 Å². The Morgan fingerprint density at radius 2 is 2.10 bits per heavy atom. The van der Waals surface area contributed by atoms with Crippen molar-refractivity contribution in [2.75, 3.05) is 26.2 Å². The summed E-state index contributed by atoms with van der Waals surface area (Å²) in [7, 11) is 0. The molecule has 1 saturated heterocycles. The van der Waals surface area contributed by atoms with Crippen molar-refractivity contribution in [3.05, 3.63) is 52.0 Å². The van der Waals surface area contributed by atoms with Gasteiger partial charge in [-0.05, 0) is 25.3 Å². The first-order valence-corrected chi connectivity index (χ1v) is 11.3. The molecule has 156 valence electrons. The molecule has 0 saturated carbocycles. The lowest BCUT2D eigenvalue weighted by molar-refractivity contribution is -0.127. The molecule has 2 aromatic rings. The van der Waals surface area contributed by atoms with Crippen molar-refractivity contribution in [3.8, 4) is 0 Å². The van der Waals surface area contributed by atoms with Gasteiger partial charge in [0.2, 0.25) is 5.91 Å². The van der Waals surface area contributed by atoms with Gasteiger partial charge in [0, 0.05) is 43.9 Å². The van der Waals surface area contributed by atoms with Crippen LogP contribution in [0.3, 0.4) is 0 Å². The molecule has 1 aliphatic heterocycles. The Kier molecular flexibility index (Phi) is 8.04. The first-order chi connectivity index (χ1) is 14.2. The van der Waals surface area contributed by atoms with Gasteiger partial charge < -0.3 is 15.5 Å². The highest BCUT2D eigenvalue weighted by Gasteiger charge is 2.29. The first-order valence-electron chi connectivity index (χ1n) is 10.4. The lowest BCUT2D eigenvalue weighted by Crippen LogP contribution is -2.40. The summed E-state index contributed by atoms with van der Waals surface area (Å²) in [6.07, 6.45) is 2.47. The van der Waals surface area contributed by atoms with E-state index in [0.29, 0.717) is 18.9 Å². The molecule has 0 bridgehead atoms. The van der Waals surface area contributed by atoms with E-state index in [1.54, 1.807) is 11.3 Å². The minimum absolute atomic E-state index is 0.254. The summed E-state index contributed by atoms with van der Waals surface area (Å²) in [4.78, 5) is 23.6. The van der Waals surface area contributed by atoms with Gasteiger partial charge in [-0.1, -0.05) is 37.3 Å². The average Bonchev–Trinajstić information content (AvgIpc) is 3.35. The Hall–Kier alpha value is -2.41. The van der Waals surface area contributed by atoms with E-state index in [1.807, 2.05) is 23.1 Å². The zero-order chi connectivity index (χ0) is 20.5. The van der Waals surface area contributed by atoms with Gasteiger partial charge in [-0.25, -0.2) is 9.98 Å². The second kappa shape index (κ2) is 11.0. The highest BCUT2D eigenvalue weighted by molar-refractivity contribution is 7.09. The van der Waals surface area contributed by atoms with E-state index in [0.717, 1.165) is 55.7 Å². The molecule has 1 unspecified atom stereocenters. The number of thiazole rings is 1. The Balaban J connectivity index is 1.46. The van der Waals surface area contributed by atoms with E-state index in [9.17, 15) is 4.79 Å². The van der Waals surface area contributed by atoms with Gasteiger partial charge in [-0.15, -0.1) is 11.3 Å². The Bertz CT molecular complexity index is 805. The number of aryl methyl sites for hydroxylation is 1. The molecule has 1 aromatic heterocycles. The summed E-state index contributed by atoms with van der Waals surface area (Å²) in [6.45, 7) is 7.88. The van der Waals surface area contributed by atoms with Crippen LogP contribution in [0, 0.1) is 5.92 Å². The van der Waals surface area contributed by atoms with Crippen molar-refractivity contribution in [1.82, 2.24) is 20.5 Å². The molecule has 29 heavy (non-hydrogen) atoms. The fourth-order valence-corrected chi connectivity index (χ4v) is 4.18. The summed E-state index contributed by atoms with van der Waals surface area (Å²) in [5.74, 6) is 1.35. The standard InChI is InChI=1S/C22H31N5OS/c1-3-20-26-19(16-29-20)14-25-22(23-4-2)24-13-18-12-21(28)27(15-18)11-10-17-8-6-5-7-9-17/h5-9,16,18H,3-4,10-15H2,1-2H3,(H2,23,24,25). The van der Waals surface area contributed by atoms with Gasteiger partial charge in [0.25, 0.3) is 0 Å². The average molecular weight is 414 g/mol. The van der Waals surface area contributed by atoms with Crippen LogP contribution in [-0.4, -0.2) is 47.9 Å². The van der Waals surface area contributed by atoms with Gasteiger partial charge in [0.15, 0.2) is 5.96 Å². The quantitative estimate of drug-likeness (QED) is 0.490. The maximum atomic E-state index is 12.4. The van der Waals surface area contributed by atoms with Crippen molar-refractivity contribution in [3.63, 3.8) is 0 Å². The Labute approximate surface area is 177 Å². The number of aliphatic imine (C=N–C) groups is 1. The van der Waals surface area contributed by atoms with Gasteiger partial charge >= 0.3 is 0 Å². The number of hydrogen-bond acceptors (Lipinski definition) is 4. The molecule has 1 aliphatic rings. The van der Waals surface area contributed by atoms with Gasteiger partial charge in [0.05, 0.1) is 17.2 Å². The second-order valence-corrected chi connectivity index (χ2v) is 8.25. The Morgan fingerprint density at radius 1 is 1.28 bits per heavy atom. The zero-order valence-corrected chi connectivity index (χ0v) is 18.2. The van der Waals surface area contributed by atoms with Crippen LogP contribution >= 0.6 is 11.3 Å².